The molecule has 0 spiro atoms. The average molecular weight is 228 g/mol. The van der Waals surface area contributed by atoms with Gasteiger partial charge in [0.25, 0.3) is 5.91 Å². The molecule has 0 aliphatic heterocycles. The van der Waals surface area contributed by atoms with Crippen LogP contribution >= 0.6 is 0 Å². The Kier molecular flexibility index (Phi) is 3.00. The third-order valence-corrected chi connectivity index (χ3v) is 2.56. The number of rotatable bonds is 3. The lowest BCUT2D eigenvalue weighted by atomic mass is 9.97. The molecule has 1 amide bonds. The van der Waals surface area contributed by atoms with Crippen molar-refractivity contribution in [3.8, 4) is 5.75 Å². The van der Waals surface area contributed by atoms with Crippen LogP contribution in [0.25, 0.3) is 0 Å². The second-order valence-electron chi connectivity index (χ2n) is 4.06. The highest BCUT2D eigenvalue weighted by atomic mass is 16.5. The van der Waals surface area contributed by atoms with E-state index in [9.17, 15) is 4.79 Å². The highest BCUT2D eigenvalue weighted by molar-refractivity contribution is 5.95. The normalized spacial score (nSPS) is 22.4. The van der Waals surface area contributed by atoms with Gasteiger partial charge in [-0.1, -0.05) is 30.4 Å². The van der Waals surface area contributed by atoms with Gasteiger partial charge in [0.2, 0.25) is 0 Å². The van der Waals surface area contributed by atoms with E-state index in [1.807, 2.05) is 43.7 Å². The van der Waals surface area contributed by atoms with E-state index in [2.05, 4.69) is 0 Å². The van der Waals surface area contributed by atoms with Crippen molar-refractivity contribution >= 4 is 5.91 Å². The van der Waals surface area contributed by atoms with Crippen molar-refractivity contribution in [1.82, 2.24) is 0 Å². The van der Waals surface area contributed by atoms with E-state index in [0.717, 1.165) is 0 Å². The second-order valence-corrected chi connectivity index (χ2v) is 4.06. The van der Waals surface area contributed by atoms with Gasteiger partial charge in [0.1, 0.15) is 11.4 Å². The molecule has 2 N–H and O–H groups in total. The number of amides is 1. The Morgan fingerprint density at radius 2 is 2.00 bits per heavy atom. The van der Waals surface area contributed by atoms with Crippen molar-refractivity contribution in [3.63, 3.8) is 0 Å². The van der Waals surface area contributed by atoms with Crippen molar-refractivity contribution in [2.24, 2.45) is 5.73 Å². The first-order chi connectivity index (χ1) is 8.11. The molecule has 0 saturated heterocycles. The van der Waals surface area contributed by atoms with Crippen LogP contribution in [0.3, 0.4) is 0 Å². The zero-order valence-electron chi connectivity index (χ0n) is 9.59. The van der Waals surface area contributed by atoms with Gasteiger partial charge in [-0.15, -0.1) is 0 Å². The maximum atomic E-state index is 11.3. The van der Waals surface area contributed by atoms with Gasteiger partial charge in [-0.3, -0.25) is 4.79 Å². The monoisotopic (exact) mass is 228 g/mol. The number of nitrogens with two attached hydrogens (primary N) is 1. The zero-order valence-corrected chi connectivity index (χ0v) is 9.59. The Morgan fingerprint density at radius 3 is 2.65 bits per heavy atom. The number of hydrogen-bond acceptors (Lipinski definition) is 2. The third-order valence-electron chi connectivity index (χ3n) is 2.56. The van der Waals surface area contributed by atoms with Gasteiger partial charge in [0.05, 0.1) is 5.56 Å². The minimum Gasteiger partial charge on any atom is -0.482 e. The number of benzene rings is 1. The molecule has 17 heavy (non-hydrogen) atoms. The molecular weight excluding hydrogens is 214 g/mol. The van der Waals surface area contributed by atoms with Crippen LogP contribution in [-0.4, -0.2) is 11.5 Å². The van der Waals surface area contributed by atoms with E-state index in [0.29, 0.717) is 11.3 Å². The molecule has 87 valence electrons. The minimum absolute atomic E-state index is 0.394. The summed E-state index contributed by atoms with van der Waals surface area (Å²) in [6, 6.07) is 6.97. The highest BCUT2D eigenvalue weighted by Gasteiger charge is 2.25. The van der Waals surface area contributed by atoms with Gasteiger partial charge in [-0.05, 0) is 25.1 Å². The van der Waals surface area contributed by atoms with E-state index in [4.69, 9.17) is 10.5 Å². The van der Waals surface area contributed by atoms with Gasteiger partial charge >= 0.3 is 0 Å². The maximum absolute atomic E-state index is 11.3. The Balaban J connectivity index is 2.27. The fourth-order valence-electron chi connectivity index (χ4n) is 1.68. The molecule has 0 heterocycles. The summed E-state index contributed by atoms with van der Waals surface area (Å²) in [6.07, 6.45) is 9.58. The lowest BCUT2D eigenvalue weighted by molar-refractivity contribution is 0.0990. The number of allylic oxidation sites excluding steroid dienone is 2. The molecule has 1 aromatic carbocycles. The number of ether oxygens (including phenoxy) is 1. The summed E-state index contributed by atoms with van der Waals surface area (Å²) in [5.74, 6) is 0.0123. The molecule has 1 aliphatic carbocycles. The molecule has 1 aliphatic rings. The maximum Gasteiger partial charge on any atom is 0.252 e. The lowest BCUT2D eigenvalue weighted by Gasteiger charge is -2.28. The SMILES string of the molecule is CC1(Oc2ccccc2C(N)=O)[CH]C=CC=C1. The van der Waals surface area contributed by atoms with Crippen molar-refractivity contribution < 1.29 is 9.53 Å². The van der Waals surface area contributed by atoms with Crippen LogP contribution in [0.5, 0.6) is 5.75 Å². The minimum atomic E-state index is -0.541. The van der Waals surface area contributed by atoms with Crippen molar-refractivity contribution in [3.05, 3.63) is 60.6 Å². The van der Waals surface area contributed by atoms with Crippen LogP contribution in [-0.2, 0) is 0 Å². The first-order valence-electron chi connectivity index (χ1n) is 5.39. The summed E-state index contributed by atoms with van der Waals surface area (Å²) in [7, 11) is 0. The van der Waals surface area contributed by atoms with Gasteiger partial charge in [-0.25, -0.2) is 0 Å². The number of carbonyl (C=O) groups excluding carboxylic acids is 1. The second kappa shape index (κ2) is 4.45. The third kappa shape index (κ3) is 2.56. The molecule has 0 fully saturated rings. The highest BCUT2D eigenvalue weighted by Crippen LogP contribution is 2.27. The lowest BCUT2D eigenvalue weighted by Crippen LogP contribution is -2.31. The average Bonchev–Trinajstić information content (AvgIpc) is 2.29. The molecule has 3 nitrogen and oxygen atoms in total. The predicted octanol–water partition coefficient (Wildman–Crippen LogP) is 2.25. The summed E-state index contributed by atoms with van der Waals surface area (Å²) in [4.78, 5) is 11.3. The number of para-hydroxylation sites is 1. The smallest absolute Gasteiger partial charge is 0.252 e. The van der Waals surface area contributed by atoms with Crippen LogP contribution in [0.15, 0.2) is 48.6 Å². The molecule has 2 rings (SSSR count). The van der Waals surface area contributed by atoms with Crippen LogP contribution in [0, 0.1) is 6.42 Å². The number of carbonyl (C=O) groups is 1. The standard InChI is InChI=1S/C14H14NO2/c1-14(9-5-2-6-10-14)17-12-8-4-3-7-11(12)13(15)16/h2-10H,1H3,(H2,15,16). The quantitative estimate of drug-likeness (QED) is 0.862. The van der Waals surface area contributed by atoms with E-state index >= 15 is 0 Å². The first kappa shape index (κ1) is 11.5. The summed E-state index contributed by atoms with van der Waals surface area (Å²) >= 11 is 0. The molecule has 1 radical (unpaired) electrons. The molecule has 1 aromatic rings. The molecule has 0 aromatic heterocycles. The number of hydrogen-bond donors (Lipinski definition) is 1. The fraction of sp³-hybridized carbons (Fsp3) is 0.143. The van der Waals surface area contributed by atoms with E-state index in [-0.39, 0.29) is 0 Å². The van der Waals surface area contributed by atoms with Crippen LogP contribution in [0.1, 0.15) is 17.3 Å². The Morgan fingerprint density at radius 1 is 1.24 bits per heavy atom. The number of primary amides is 1. The molecule has 1 atom stereocenters. The molecule has 0 bridgehead atoms. The first-order valence-corrected chi connectivity index (χ1v) is 5.39. The van der Waals surface area contributed by atoms with E-state index < -0.39 is 11.5 Å². The van der Waals surface area contributed by atoms with Gasteiger partial charge in [0, 0.05) is 6.42 Å². The van der Waals surface area contributed by atoms with Crippen LogP contribution < -0.4 is 10.5 Å². The molecule has 1 unspecified atom stereocenters. The Bertz CT molecular complexity index is 491. The Hall–Kier alpha value is -2.03. The fourth-order valence-corrected chi connectivity index (χ4v) is 1.68. The van der Waals surface area contributed by atoms with Gasteiger partial charge in [0.15, 0.2) is 0 Å². The largest absolute Gasteiger partial charge is 0.482 e. The van der Waals surface area contributed by atoms with Crippen molar-refractivity contribution in [1.29, 1.82) is 0 Å². The Labute approximate surface area is 101 Å². The summed E-state index contributed by atoms with van der Waals surface area (Å²) in [6.45, 7) is 1.92. The van der Waals surface area contributed by atoms with Crippen molar-refractivity contribution in [2.75, 3.05) is 0 Å². The molecular formula is C14H14NO2. The summed E-state index contributed by atoms with van der Waals surface area (Å²) in [5, 5.41) is 0. The predicted molar refractivity (Wildman–Crippen MR) is 66.6 cm³/mol. The zero-order chi connectivity index (χ0) is 12.3. The summed E-state index contributed by atoms with van der Waals surface area (Å²) < 4.78 is 5.84. The van der Waals surface area contributed by atoms with E-state index in [1.165, 1.54) is 0 Å². The molecule has 3 heteroatoms. The van der Waals surface area contributed by atoms with E-state index in [1.54, 1.807) is 18.2 Å². The molecule has 0 saturated carbocycles. The topological polar surface area (TPSA) is 52.3 Å². The van der Waals surface area contributed by atoms with Gasteiger partial charge in [-0.2, -0.15) is 0 Å². The van der Waals surface area contributed by atoms with Gasteiger partial charge < -0.3 is 10.5 Å². The van der Waals surface area contributed by atoms with Crippen molar-refractivity contribution in [2.45, 2.75) is 12.5 Å². The van der Waals surface area contributed by atoms with Crippen LogP contribution in [0.2, 0.25) is 0 Å². The summed E-state index contributed by atoms with van der Waals surface area (Å²) in [5.41, 5.74) is 5.15. The van der Waals surface area contributed by atoms with Crippen LogP contribution in [0.4, 0.5) is 0 Å².